The quantitative estimate of drug-likeness (QED) is 0.828. The van der Waals surface area contributed by atoms with Gasteiger partial charge < -0.3 is 10.4 Å². The molecule has 112 valence electrons. The lowest BCUT2D eigenvalue weighted by Crippen LogP contribution is -2.11. The first kappa shape index (κ1) is 16.1. The molecule has 0 saturated carbocycles. The predicted molar refractivity (Wildman–Crippen MR) is 92.5 cm³/mol. The second kappa shape index (κ2) is 6.63. The van der Waals surface area contributed by atoms with Crippen molar-refractivity contribution in [2.45, 2.75) is 39.3 Å². The van der Waals surface area contributed by atoms with Crippen molar-refractivity contribution in [1.29, 1.82) is 0 Å². The van der Waals surface area contributed by atoms with Crippen molar-refractivity contribution in [2.24, 2.45) is 0 Å². The summed E-state index contributed by atoms with van der Waals surface area (Å²) in [5, 5.41) is 12.8. The van der Waals surface area contributed by atoms with Gasteiger partial charge in [-0.3, -0.25) is 0 Å². The molecule has 0 aromatic heterocycles. The molecule has 0 aliphatic rings. The van der Waals surface area contributed by atoms with Crippen LogP contribution in [0.5, 0.6) is 0 Å². The molecule has 2 nitrogen and oxygen atoms in total. The third-order valence-corrected chi connectivity index (χ3v) is 4.32. The smallest absolute Gasteiger partial charge is 0.0713 e. The molecule has 0 aliphatic carbocycles. The SMILES string of the molecule is CC(C)(C)c1ccc(CNc2cccc(Br)c2CO)cc1. The summed E-state index contributed by atoms with van der Waals surface area (Å²) in [6, 6.07) is 14.6. The Morgan fingerprint density at radius 2 is 1.71 bits per heavy atom. The highest BCUT2D eigenvalue weighted by molar-refractivity contribution is 9.10. The number of nitrogens with one attached hydrogen (secondary N) is 1. The fourth-order valence-electron chi connectivity index (χ4n) is 2.20. The molecule has 0 unspecified atom stereocenters. The summed E-state index contributed by atoms with van der Waals surface area (Å²) in [7, 11) is 0. The van der Waals surface area contributed by atoms with E-state index < -0.39 is 0 Å². The zero-order valence-corrected chi connectivity index (χ0v) is 14.4. The zero-order valence-electron chi connectivity index (χ0n) is 12.8. The second-order valence-corrected chi connectivity index (χ2v) is 7.08. The number of anilines is 1. The monoisotopic (exact) mass is 347 g/mol. The maximum absolute atomic E-state index is 9.45. The molecule has 0 aliphatic heterocycles. The fraction of sp³-hybridized carbons (Fsp3) is 0.333. The van der Waals surface area contributed by atoms with Crippen LogP contribution in [-0.4, -0.2) is 5.11 Å². The summed E-state index contributed by atoms with van der Waals surface area (Å²) in [5.41, 5.74) is 4.60. The van der Waals surface area contributed by atoms with Crippen LogP contribution in [0.4, 0.5) is 5.69 Å². The Morgan fingerprint density at radius 1 is 1.05 bits per heavy atom. The van der Waals surface area contributed by atoms with E-state index in [0.717, 1.165) is 22.3 Å². The standard InChI is InChI=1S/C18H22BrNO/c1-18(2,3)14-9-7-13(8-10-14)11-20-17-6-4-5-16(19)15(17)12-21/h4-10,20-21H,11-12H2,1-3H3. The van der Waals surface area contributed by atoms with Crippen LogP contribution in [0.15, 0.2) is 46.9 Å². The number of aliphatic hydroxyl groups is 1. The lowest BCUT2D eigenvalue weighted by Gasteiger charge is -2.19. The molecule has 2 rings (SSSR count). The molecule has 0 radical (unpaired) electrons. The highest BCUT2D eigenvalue weighted by Crippen LogP contribution is 2.26. The molecule has 0 atom stereocenters. The number of aliphatic hydroxyl groups excluding tert-OH is 1. The van der Waals surface area contributed by atoms with Crippen LogP contribution in [0.3, 0.4) is 0 Å². The summed E-state index contributed by atoms with van der Waals surface area (Å²) in [4.78, 5) is 0. The summed E-state index contributed by atoms with van der Waals surface area (Å²) < 4.78 is 0.929. The third kappa shape index (κ3) is 4.08. The molecule has 0 heterocycles. The van der Waals surface area contributed by atoms with E-state index in [9.17, 15) is 5.11 Å². The van der Waals surface area contributed by atoms with Crippen LogP contribution in [-0.2, 0) is 18.6 Å². The average Bonchev–Trinajstić information content (AvgIpc) is 2.44. The Bertz CT molecular complexity index is 600. The summed E-state index contributed by atoms with van der Waals surface area (Å²) in [6.45, 7) is 7.42. The molecule has 21 heavy (non-hydrogen) atoms. The van der Waals surface area contributed by atoms with Crippen molar-refractivity contribution in [3.8, 4) is 0 Å². The maximum atomic E-state index is 9.45. The van der Waals surface area contributed by atoms with Gasteiger partial charge in [0.15, 0.2) is 0 Å². The van der Waals surface area contributed by atoms with Crippen molar-refractivity contribution in [1.82, 2.24) is 0 Å². The van der Waals surface area contributed by atoms with Gasteiger partial charge in [0.25, 0.3) is 0 Å². The Morgan fingerprint density at radius 3 is 2.29 bits per heavy atom. The summed E-state index contributed by atoms with van der Waals surface area (Å²) in [5.74, 6) is 0. The summed E-state index contributed by atoms with van der Waals surface area (Å²) in [6.07, 6.45) is 0. The van der Waals surface area contributed by atoms with Gasteiger partial charge in [0, 0.05) is 22.3 Å². The number of hydrogen-bond donors (Lipinski definition) is 2. The van der Waals surface area contributed by atoms with Crippen molar-refractivity contribution >= 4 is 21.6 Å². The van der Waals surface area contributed by atoms with Gasteiger partial charge in [-0.25, -0.2) is 0 Å². The van der Waals surface area contributed by atoms with Crippen LogP contribution in [0, 0.1) is 0 Å². The van der Waals surface area contributed by atoms with Gasteiger partial charge in [-0.15, -0.1) is 0 Å². The van der Waals surface area contributed by atoms with Gasteiger partial charge in [0.2, 0.25) is 0 Å². The summed E-state index contributed by atoms with van der Waals surface area (Å²) >= 11 is 3.46. The Hall–Kier alpha value is -1.32. The van der Waals surface area contributed by atoms with E-state index in [4.69, 9.17) is 0 Å². The molecule has 0 bridgehead atoms. The van der Waals surface area contributed by atoms with Crippen molar-refractivity contribution < 1.29 is 5.11 Å². The first-order chi connectivity index (χ1) is 9.91. The molecule has 3 heteroatoms. The van der Waals surface area contributed by atoms with Crippen molar-refractivity contribution in [3.63, 3.8) is 0 Å². The first-order valence-corrected chi connectivity index (χ1v) is 7.92. The minimum atomic E-state index is 0.0206. The normalized spacial score (nSPS) is 11.5. The van der Waals surface area contributed by atoms with E-state index in [1.54, 1.807) is 0 Å². The minimum Gasteiger partial charge on any atom is -0.392 e. The molecule has 2 aromatic rings. The number of rotatable bonds is 4. The van der Waals surface area contributed by atoms with Crippen LogP contribution in [0.1, 0.15) is 37.5 Å². The Balaban J connectivity index is 2.09. The molecule has 2 N–H and O–H groups in total. The number of halogens is 1. The molecule has 0 fully saturated rings. The highest BCUT2D eigenvalue weighted by Gasteiger charge is 2.12. The van der Waals surface area contributed by atoms with Crippen LogP contribution in [0.25, 0.3) is 0 Å². The van der Waals surface area contributed by atoms with Crippen molar-refractivity contribution in [3.05, 3.63) is 63.6 Å². The number of benzene rings is 2. The zero-order chi connectivity index (χ0) is 15.5. The lowest BCUT2D eigenvalue weighted by atomic mass is 9.87. The largest absolute Gasteiger partial charge is 0.392 e. The number of hydrogen-bond acceptors (Lipinski definition) is 2. The predicted octanol–water partition coefficient (Wildman–Crippen LogP) is 4.85. The first-order valence-electron chi connectivity index (χ1n) is 7.13. The fourth-order valence-corrected chi connectivity index (χ4v) is 2.70. The van der Waals surface area contributed by atoms with Crippen molar-refractivity contribution in [2.75, 3.05) is 5.32 Å². The molecular formula is C18H22BrNO. The van der Waals surface area contributed by atoms with E-state index in [1.807, 2.05) is 18.2 Å². The molecule has 0 amide bonds. The molecule has 2 aromatic carbocycles. The average molecular weight is 348 g/mol. The Kier molecular flexibility index (Phi) is 5.07. The van der Waals surface area contributed by atoms with Gasteiger partial charge >= 0.3 is 0 Å². The van der Waals surface area contributed by atoms with Gasteiger partial charge in [0.1, 0.15) is 0 Å². The second-order valence-electron chi connectivity index (χ2n) is 6.22. The third-order valence-electron chi connectivity index (χ3n) is 3.58. The molecule has 0 spiro atoms. The lowest BCUT2D eigenvalue weighted by molar-refractivity contribution is 0.281. The van der Waals surface area contributed by atoms with E-state index in [1.165, 1.54) is 11.1 Å². The van der Waals surface area contributed by atoms with Gasteiger partial charge in [0.05, 0.1) is 6.61 Å². The van der Waals surface area contributed by atoms with E-state index in [2.05, 4.69) is 66.3 Å². The van der Waals surface area contributed by atoms with Gasteiger partial charge in [-0.2, -0.15) is 0 Å². The van der Waals surface area contributed by atoms with E-state index >= 15 is 0 Å². The van der Waals surface area contributed by atoms with Crippen LogP contribution in [0.2, 0.25) is 0 Å². The highest BCUT2D eigenvalue weighted by atomic mass is 79.9. The molecular weight excluding hydrogens is 326 g/mol. The van der Waals surface area contributed by atoms with E-state index in [0.29, 0.717) is 0 Å². The molecule has 0 saturated heterocycles. The topological polar surface area (TPSA) is 32.3 Å². The minimum absolute atomic E-state index is 0.0206. The van der Waals surface area contributed by atoms with Gasteiger partial charge in [-0.05, 0) is 28.7 Å². The van der Waals surface area contributed by atoms with Crippen LogP contribution < -0.4 is 5.32 Å². The van der Waals surface area contributed by atoms with E-state index in [-0.39, 0.29) is 12.0 Å². The van der Waals surface area contributed by atoms with Crippen LogP contribution >= 0.6 is 15.9 Å². The van der Waals surface area contributed by atoms with Gasteiger partial charge in [-0.1, -0.05) is 67.0 Å². The maximum Gasteiger partial charge on any atom is 0.0713 e. The Labute approximate surface area is 135 Å².